The summed E-state index contributed by atoms with van der Waals surface area (Å²) in [5.41, 5.74) is 0. The molecule has 0 radical (unpaired) electrons. The minimum Gasteiger partial charge on any atom is -0.367 e. The van der Waals surface area contributed by atoms with Gasteiger partial charge in [-0.2, -0.15) is 0 Å². The number of halogens is 2. The van der Waals surface area contributed by atoms with E-state index in [2.05, 4.69) is 27.4 Å². The van der Waals surface area contributed by atoms with Crippen LogP contribution in [-0.4, -0.2) is 48.0 Å². The largest absolute Gasteiger partial charge is 0.367 e. The van der Waals surface area contributed by atoms with Crippen LogP contribution in [-0.2, 0) is 4.79 Å². The summed E-state index contributed by atoms with van der Waals surface area (Å²) in [7, 11) is 0. The summed E-state index contributed by atoms with van der Waals surface area (Å²) in [6, 6.07) is 1.66. The van der Waals surface area contributed by atoms with Gasteiger partial charge in [-0.15, -0.1) is 0 Å². The normalized spacial score (nSPS) is 18.7. The van der Waals surface area contributed by atoms with E-state index in [9.17, 15) is 4.79 Å². The molecule has 1 fully saturated rings. The van der Waals surface area contributed by atoms with Crippen molar-refractivity contribution < 1.29 is 4.79 Å². The molecule has 0 aromatic carbocycles. The third-order valence-electron chi connectivity index (χ3n) is 3.95. The van der Waals surface area contributed by atoms with Gasteiger partial charge in [0.2, 0.25) is 5.91 Å². The van der Waals surface area contributed by atoms with Gasteiger partial charge in [-0.1, -0.05) is 36.5 Å². The molecule has 1 atom stereocenters. The molecule has 1 aromatic heterocycles. The Morgan fingerprint density at radius 1 is 1.39 bits per heavy atom. The van der Waals surface area contributed by atoms with Crippen molar-refractivity contribution >= 4 is 34.9 Å². The Bertz CT molecular complexity index is 525. The number of piperidine rings is 1. The third kappa shape index (κ3) is 5.52. The molecule has 2 rings (SSSR count). The first-order chi connectivity index (χ1) is 11.1. The maximum atomic E-state index is 12.4. The summed E-state index contributed by atoms with van der Waals surface area (Å²) in [6.45, 7) is 5.27. The standard InChI is InChI=1S/C16H24Cl2N4O/c1-2-8-22-9-4-3-5-14(22)16(23)20-7-6-19-15-13(18)10-12(17)11-21-15/h10-11,14H,2-9H2,1H3,(H,19,21)(H,20,23). The number of hydrogen-bond donors (Lipinski definition) is 2. The molecule has 7 heteroatoms. The molecular formula is C16H24Cl2N4O. The number of hydrogen-bond acceptors (Lipinski definition) is 4. The summed E-state index contributed by atoms with van der Waals surface area (Å²) in [5.74, 6) is 0.700. The first-order valence-corrected chi connectivity index (χ1v) is 8.94. The fourth-order valence-electron chi connectivity index (χ4n) is 2.87. The van der Waals surface area contributed by atoms with Crippen molar-refractivity contribution in [1.29, 1.82) is 0 Å². The number of nitrogens with zero attached hydrogens (tertiary/aromatic N) is 2. The van der Waals surface area contributed by atoms with Crippen LogP contribution in [0.4, 0.5) is 5.82 Å². The molecule has 1 unspecified atom stereocenters. The topological polar surface area (TPSA) is 57.3 Å². The number of nitrogens with one attached hydrogen (secondary N) is 2. The van der Waals surface area contributed by atoms with Crippen molar-refractivity contribution in [2.45, 2.75) is 38.6 Å². The van der Waals surface area contributed by atoms with Crippen LogP contribution in [0.15, 0.2) is 12.3 Å². The zero-order chi connectivity index (χ0) is 16.7. The van der Waals surface area contributed by atoms with Gasteiger partial charge in [-0.3, -0.25) is 9.69 Å². The van der Waals surface area contributed by atoms with Gasteiger partial charge in [0.05, 0.1) is 16.1 Å². The molecule has 1 saturated heterocycles. The van der Waals surface area contributed by atoms with Gasteiger partial charge in [0.15, 0.2) is 0 Å². The van der Waals surface area contributed by atoms with E-state index in [1.807, 2.05) is 0 Å². The second-order valence-corrected chi connectivity index (χ2v) is 6.59. The highest BCUT2D eigenvalue weighted by atomic mass is 35.5. The van der Waals surface area contributed by atoms with Crippen molar-refractivity contribution in [1.82, 2.24) is 15.2 Å². The van der Waals surface area contributed by atoms with Crippen LogP contribution in [0.1, 0.15) is 32.6 Å². The van der Waals surface area contributed by atoms with E-state index in [-0.39, 0.29) is 11.9 Å². The Hall–Kier alpha value is -1.04. The molecule has 0 aliphatic carbocycles. The molecule has 1 aliphatic heterocycles. The van der Waals surface area contributed by atoms with Gasteiger partial charge in [-0.05, 0) is 38.4 Å². The molecule has 1 aliphatic rings. The molecule has 2 heterocycles. The van der Waals surface area contributed by atoms with Crippen LogP contribution >= 0.6 is 23.2 Å². The summed E-state index contributed by atoms with van der Waals surface area (Å²) in [6.07, 6.45) is 5.88. The van der Waals surface area contributed by atoms with Crippen LogP contribution in [0, 0.1) is 0 Å². The summed E-state index contributed by atoms with van der Waals surface area (Å²) in [5, 5.41) is 7.09. The number of likely N-dealkylation sites (tertiary alicyclic amines) is 1. The summed E-state index contributed by atoms with van der Waals surface area (Å²) >= 11 is 11.9. The van der Waals surface area contributed by atoms with Gasteiger partial charge >= 0.3 is 0 Å². The van der Waals surface area contributed by atoms with E-state index in [0.29, 0.717) is 29.0 Å². The second kappa shape index (κ2) is 9.30. The van der Waals surface area contributed by atoms with E-state index < -0.39 is 0 Å². The summed E-state index contributed by atoms with van der Waals surface area (Å²) < 4.78 is 0. The van der Waals surface area contributed by atoms with Gasteiger partial charge in [0, 0.05) is 19.3 Å². The van der Waals surface area contributed by atoms with Crippen molar-refractivity contribution in [2.75, 3.05) is 31.5 Å². The Morgan fingerprint density at radius 3 is 2.96 bits per heavy atom. The number of amides is 1. The Kier molecular flexibility index (Phi) is 7.40. The zero-order valence-electron chi connectivity index (χ0n) is 13.4. The second-order valence-electron chi connectivity index (χ2n) is 5.75. The fourth-order valence-corrected chi connectivity index (χ4v) is 3.32. The summed E-state index contributed by atoms with van der Waals surface area (Å²) in [4.78, 5) is 18.8. The maximum Gasteiger partial charge on any atom is 0.237 e. The highest BCUT2D eigenvalue weighted by molar-refractivity contribution is 6.35. The number of rotatable bonds is 7. The number of pyridine rings is 1. The minimum atomic E-state index is 0.0148. The van der Waals surface area contributed by atoms with E-state index >= 15 is 0 Å². The average Bonchev–Trinajstić information content (AvgIpc) is 2.54. The molecule has 1 aromatic rings. The SMILES string of the molecule is CCCN1CCCCC1C(=O)NCCNc1ncc(Cl)cc1Cl. The van der Waals surface area contributed by atoms with Gasteiger partial charge in [0.1, 0.15) is 5.82 Å². The number of carbonyl (C=O) groups is 1. The molecule has 128 valence electrons. The lowest BCUT2D eigenvalue weighted by Crippen LogP contribution is -2.50. The van der Waals surface area contributed by atoms with Crippen LogP contribution in [0.5, 0.6) is 0 Å². The van der Waals surface area contributed by atoms with Gasteiger partial charge in [-0.25, -0.2) is 4.98 Å². The first kappa shape index (κ1) is 18.3. The highest BCUT2D eigenvalue weighted by Crippen LogP contribution is 2.22. The van der Waals surface area contributed by atoms with Crippen LogP contribution in [0.25, 0.3) is 0 Å². The zero-order valence-corrected chi connectivity index (χ0v) is 15.0. The minimum absolute atomic E-state index is 0.0148. The van der Waals surface area contributed by atoms with Crippen molar-refractivity contribution in [3.63, 3.8) is 0 Å². The lowest BCUT2D eigenvalue weighted by atomic mass is 10.0. The highest BCUT2D eigenvalue weighted by Gasteiger charge is 2.27. The van der Waals surface area contributed by atoms with E-state index in [4.69, 9.17) is 23.2 Å². The third-order valence-corrected chi connectivity index (χ3v) is 4.45. The molecule has 0 saturated carbocycles. The number of carbonyl (C=O) groups excluding carboxylic acids is 1. The molecular weight excluding hydrogens is 335 g/mol. The van der Waals surface area contributed by atoms with Crippen LogP contribution in [0.2, 0.25) is 10.0 Å². The lowest BCUT2D eigenvalue weighted by Gasteiger charge is -2.34. The fraction of sp³-hybridized carbons (Fsp3) is 0.625. The predicted molar refractivity (Wildman–Crippen MR) is 95.3 cm³/mol. The number of anilines is 1. The molecule has 2 N–H and O–H groups in total. The van der Waals surface area contributed by atoms with E-state index in [1.165, 1.54) is 6.42 Å². The van der Waals surface area contributed by atoms with E-state index in [0.717, 1.165) is 32.4 Å². The van der Waals surface area contributed by atoms with Crippen molar-refractivity contribution in [3.05, 3.63) is 22.3 Å². The average molecular weight is 359 g/mol. The lowest BCUT2D eigenvalue weighted by molar-refractivity contribution is -0.127. The molecule has 0 bridgehead atoms. The Labute approximate surface area is 147 Å². The Balaban J connectivity index is 1.75. The van der Waals surface area contributed by atoms with Gasteiger partial charge in [0.25, 0.3) is 0 Å². The number of aromatic nitrogens is 1. The predicted octanol–water partition coefficient (Wildman–Crippen LogP) is 3.18. The van der Waals surface area contributed by atoms with Crippen LogP contribution < -0.4 is 10.6 Å². The molecule has 0 spiro atoms. The Morgan fingerprint density at radius 2 is 2.22 bits per heavy atom. The van der Waals surface area contributed by atoms with Crippen LogP contribution in [0.3, 0.4) is 0 Å². The molecule has 5 nitrogen and oxygen atoms in total. The molecule has 1 amide bonds. The van der Waals surface area contributed by atoms with Crippen molar-refractivity contribution in [2.24, 2.45) is 0 Å². The van der Waals surface area contributed by atoms with Crippen molar-refractivity contribution in [3.8, 4) is 0 Å². The quantitative estimate of drug-likeness (QED) is 0.735. The first-order valence-electron chi connectivity index (χ1n) is 8.18. The monoisotopic (exact) mass is 358 g/mol. The van der Waals surface area contributed by atoms with Gasteiger partial charge < -0.3 is 10.6 Å². The maximum absolute atomic E-state index is 12.4. The van der Waals surface area contributed by atoms with E-state index in [1.54, 1.807) is 12.3 Å². The molecule has 23 heavy (non-hydrogen) atoms. The smallest absolute Gasteiger partial charge is 0.237 e.